The second-order valence-corrected chi connectivity index (χ2v) is 7.46. The van der Waals surface area contributed by atoms with Crippen LogP contribution in [-0.2, 0) is 9.59 Å². The average Bonchev–Trinajstić information content (AvgIpc) is 2.75. The highest BCUT2D eigenvalue weighted by Crippen LogP contribution is 2.36. The van der Waals surface area contributed by atoms with Crippen LogP contribution in [0.4, 0.5) is 0 Å². The minimum atomic E-state index is -1.09. The van der Waals surface area contributed by atoms with Gasteiger partial charge < -0.3 is 15.3 Å². The maximum absolute atomic E-state index is 12.6. The van der Waals surface area contributed by atoms with Gasteiger partial charge in [-0.25, -0.2) is 4.79 Å². The van der Waals surface area contributed by atoms with Crippen molar-refractivity contribution in [3.8, 4) is 11.5 Å². The molecule has 0 unspecified atom stereocenters. The van der Waals surface area contributed by atoms with Crippen LogP contribution in [0.25, 0.3) is 6.08 Å². The predicted molar refractivity (Wildman–Crippen MR) is 95.7 cm³/mol. The number of thiocarbonyl (C=S) groups is 1. The van der Waals surface area contributed by atoms with Gasteiger partial charge in [0.05, 0.1) is 4.91 Å². The molecule has 0 aliphatic carbocycles. The largest absolute Gasteiger partial charge is 0.504 e. The van der Waals surface area contributed by atoms with Gasteiger partial charge in [0.1, 0.15) is 10.4 Å². The first kappa shape index (κ1) is 18.3. The minimum absolute atomic E-state index is 0.0915. The fourth-order valence-corrected chi connectivity index (χ4v) is 3.65. The molecule has 1 aromatic carbocycles. The molecule has 1 aromatic rings. The van der Waals surface area contributed by atoms with Gasteiger partial charge in [-0.05, 0) is 36.1 Å². The average molecular weight is 367 g/mol. The Hall–Kier alpha value is -2.06. The maximum Gasteiger partial charge on any atom is 0.326 e. The molecule has 1 aliphatic heterocycles. The number of aliphatic carboxylic acids is 1. The van der Waals surface area contributed by atoms with E-state index in [1.165, 1.54) is 24.3 Å². The smallest absolute Gasteiger partial charge is 0.326 e. The van der Waals surface area contributed by atoms with Crippen LogP contribution in [0.2, 0.25) is 0 Å². The molecule has 1 aliphatic rings. The Bertz CT molecular complexity index is 729. The van der Waals surface area contributed by atoms with E-state index < -0.39 is 17.9 Å². The third-order valence-corrected chi connectivity index (χ3v) is 4.74. The van der Waals surface area contributed by atoms with Crippen molar-refractivity contribution < 1.29 is 24.9 Å². The number of nitrogens with zero attached hydrogens (tertiary/aromatic N) is 1. The van der Waals surface area contributed by atoms with E-state index in [0.717, 1.165) is 16.7 Å². The second kappa shape index (κ2) is 7.23. The van der Waals surface area contributed by atoms with Gasteiger partial charge in [-0.2, -0.15) is 0 Å². The molecule has 24 heavy (non-hydrogen) atoms. The summed E-state index contributed by atoms with van der Waals surface area (Å²) in [6, 6.07) is 3.15. The van der Waals surface area contributed by atoms with Gasteiger partial charge >= 0.3 is 5.97 Å². The molecule has 0 saturated carbocycles. The highest BCUT2D eigenvalue weighted by atomic mass is 32.2. The number of carbonyl (C=O) groups is 2. The number of rotatable bonds is 5. The van der Waals surface area contributed by atoms with Crippen LogP contribution >= 0.6 is 24.0 Å². The summed E-state index contributed by atoms with van der Waals surface area (Å²) in [7, 11) is 0. The minimum Gasteiger partial charge on any atom is -0.504 e. The summed E-state index contributed by atoms with van der Waals surface area (Å²) in [6.45, 7) is 3.76. The Balaban J connectivity index is 2.31. The molecule has 8 heteroatoms. The molecule has 2 rings (SSSR count). The lowest BCUT2D eigenvalue weighted by molar-refractivity contribution is -0.145. The third-order valence-electron chi connectivity index (χ3n) is 3.41. The lowest BCUT2D eigenvalue weighted by Gasteiger charge is -2.24. The number of carbonyl (C=O) groups excluding carboxylic acids is 1. The number of hydrogen-bond acceptors (Lipinski definition) is 6. The molecule has 1 atom stereocenters. The second-order valence-electron chi connectivity index (χ2n) is 5.78. The summed E-state index contributed by atoms with van der Waals surface area (Å²) >= 11 is 6.20. The van der Waals surface area contributed by atoms with Crippen LogP contribution in [0, 0.1) is 5.92 Å². The van der Waals surface area contributed by atoms with Crippen LogP contribution in [-0.4, -0.2) is 42.5 Å². The lowest BCUT2D eigenvalue weighted by atomic mass is 10.0. The summed E-state index contributed by atoms with van der Waals surface area (Å²) in [4.78, 5) is 25.5. The molecule has 1 heterocycles. The summed E-state index contributed by atoms with van der Waals surface area (Å²) in [5.74, 6) is -2.03. The van der Waals surface area contributed by atoms with Crippen molar-refractivity contribution in [2.75, 3.05) is 0 Å². The number of thioether (sulfide) groups is 1. The van der Waals surface area contributed by atoms with Gasteiger partial charge in [0.2, 0.25) is 0 Å². The number of phenolic OH excluding ortho intramolecular Hbond substituents is 2. The predicted octanol–water partition coefficient (Wildman–Crippen LogP) is 2.80. The third kappa shape index (κ3) is 3.88. The van der Waals surface area contributed by atoms with Crippen LogP contribution in [0.15, 0.2) is 23.1 Å². The zero-order valence-electron chi connectivity index (χ0n) is 13.1. The molecular formula is C16H17NO5S2. The number of aromatic hydroxyl groups is 2. The highest BCUT2D eigenvalue weighted by molar-refractivity contribution is 8.26. The zero-order chi connectivity index (χ0) is 18.0. The summed E-state index contributed by atoms with van der Waals surface area (Å²) in [5.41, 5.74) is 0.501. The number of hydrogen-bond donors (Lipinski definition) is 3. The van der Waals surface area contributed by atoms with E-state index in [9.17, 15) is 24.9 Å². The maximum atomic E-state index is 12.6. The van der Waals surface area contributed by atoms with E-state index in [2.05, 4.69) is 0 Å². The normalized spacial score (nSPS) is 17.8. The molecule has 1 fully saturated rings. The zero-order valence-corrected chi connectivity index (χ0v) is 14.7. The van der Waals surface area contributed by atoms with Crippen molar-refractivity contribution >= 4 is 46.3 Å². The van der Waals surface area contributed by atoms with Gasteiger partial charge in [0.25, 0.3) is 5.91 Å². The molecule has 3 N–H and O–H groups in total. The first-order valence-corrected chi connectivity index (χ1v) is 8.45. The van der Waals surface area contributed by atoms with Crippen molar-refractivity contribution in [1.29, 1.82) is 0 Å². The summed E-state index contributed by atoms with van der Waals surface area (Å²) in [6.07, 6.45) is 1.81. The van der Waals surface area contributed by atoms with Crippen molar-refractivity contribution in [1.82, 2.24) is 4.90 Å². The van der Waals surface area contributed by atoms with Crippen LogP contribution in [0.5, 0.6) is 11.5 Å². The summed E-state index contributed by atoms with van der Waals surface area (Å²) < 4.78 is 0.197. The molecule has 0 spiro atoms. The first-order valence-electron chi connectivity index (χ1n) is 7.22. The highest BCUT2D eigenvalue weighted by Gasteiger charge is 2.40. The lowest BCUT2D eigenvalue weighted by Crippen LogP contribution is -2.44. The van der Waals surface area contributed by atoms with E-state index in [1.807, 2.05) is 13.8 Å². The van der Waals surface area contributed by atoms with E-state index in [1.54, 1.807) is 0 Å². The molecule has 6 nitrogen and oxygen atoms in total. The summed E-state index contributed by atoms with van der Waals surface area (Å²) in [5, 5.41) is 28.3. The Morgan fingerprint density at radius 2 is 2.00 bits per heavy atom. The number of phenols is 2. The van der Waals surface area contributed by atoms with Crippen molar-refractivity contribution in [3.63, 3.8) is 0 Å². The molecule has 1 saturated heterocycles. The molecule has 1 amide bonds. The Morgan fingerprint density at radius 1 is 1.33 bits per heavy atom. The van der Waals surface area contributed by atoms with E-state index in [0.29, 0.717) is 12.0 Å². The van der Waals surface area contributed by atoms with Crippen LogP contribution < -0.4 is 0 Å². The number of carboxylic acids is 1. The van der Waals surface area contributed by atoms with Crippen LogP contribution in [0.3, 0.4) is 0 Å². The Morgan fingerprint density at radius 3 is 2.54 bits per heavy atom. The number of amides is 1. The quantitative estimate of drug-likeness (QED) is 0.418. The fraction of sp³-hybridized carbons (Fsp3) is 0.312. The molecule has 0 bridgehead atoms. The SMILES string of the molecule is CC(C)C[C@@H](C(=O)O)N1C(=O)/C(=C/c2ccc(O)c(O)c2)SC1=S. The van der Waals surface area contributed by atoms with E-state index in [-0.39, 0.29) is 26.6 Å². The van der Waals surface area contributed by atoms with Gasteiger partial charge in [0, 0.05) is 0 Å². The Labute approximate surface area is 148 Å². The number of carboxylic acid groups (broad SMARTS) is 1. The molecule has 128 valence electrons. The fourth-order valence-electron chi connectivity index (χ4n) is 2.29. The molecular weight excluding hydrogens is 350 g/mol. The number of benzene rings is 1. The van der Waals surface area contributed by atoms with Crippen molar-refractivity contribution in [2.24, 2.45) is 5.92 Å². The van der Waals surface area contributed by atoms with Crippen molar-refractivity contribution in [2.45, 2.75) is 26.3 Å². The topological polar surface area (TPSA) is 98.1 Å². The van der Waals surface area contributed by atoms with Gasteiger partial charge in [-0.15, -0.1) is 0 Å². The monoisotopic (exact) mass is 367 g/mol. The van der Waals surface area contributed by atoms with Gasteiger partial charge in [0.15, 0.2) is 11.5 Å². The van der Waals surface area contributed by atoms with Gasteiger partial charge in [-0.3, -0.25) is 9.69 Å². The first-order chi connectivity index (χ1) is 11.2. The van der Waals surface area contributed by atoms with E-state index in [4.69, 9.17) is 12.2 Å². The van der Waals surface area contributed by atoms with E-state index >= 15 is 0 Å². The van der Waals surface area contributed by atoms with Crippen molar-refractivity contribution in [3.05, 3.63) is 28.7 Å². The van der Waals surface area contributed by atoms with Gasteiger partial charge in [-0.1, -0.05) is 43.9 Å². The standard InChI is InChI=1S/C16H17NO5S2/c1-8(2)5-10(15(21)22)17-14(20)13(24-16(17)23)7-9-3-4-11(18)12(19)6-9/h3-4,6-8,10,18-19H,5H2,1-2H3,(H,21,22)/b13-7-/t10-/m0/s1. The Kier molecular flexibility index (Phi) is 5.51. The molecule has 0 radical (unpaired) electrons. The molecule has 0 aromatic heterocycles. The van der Waals surface area contributed by atoms with Crippen LogP contribution in [0.1, 0.15) is 25.8 Å².